The van der Waals surface area contributed by atoms with Gasteiger partial charge < -0.3 is 10.0 Å². The van der Waals surface area contributed by atoms with Crippen LogP contribution < -0.4 is 0 Å². The molecule has 1 spiro atoms. The Hall–Kier alpha value is -1.06. The Morgan fingerprint density at radius 3 is 2.10 bits per heavy atom. The number of carbonyl (C=O) groups is 2. The zero-order valence-electron chi connectivity index (χ0n) is 13.7. The van der Waals surface area contributed by atoms with Crippen LogP contribution in [0.1, 0.15) is 65.7 Å². The molecule has 1 atom stereocenters. The van der Waals surface area contributed by atoms with Crippen molar-refractivity contribution in [2.24, 2.45) is 16.7 Å². The molecule has 0 aromatic heterocycles. The van der Waals surface area contributed by atoms with Crippen LogP contribution in [-0.2, 0) is 9.59 Å². The molecular formula is C17H29NO3. The summed E-state index contributed by atoms with van der Waals surface area (Å²) in [4.78, 5) is 25.9. The molecule has 1 unspecified atom stereocenters. The number of hydrogen-bond acceptors (Lipinski definition) is 2. The molecule has 1 N–H and O–H groups in total. The van der Waals surface area contributed by atoms with Gasteiger partial charge in [0.15, 0.2) is 0 Å². The number of rotatable bonds is 4. The highest BCUT2D eigenvalue weighted by Crippen LogP contribution is 2.46. The summed E-state index contributed by atoms with van der Waals surface area (Å²) in [5.74, 6) is -0.901. The Morgan fingerprint density at radius 1 is 1.14 bits per heavy atom. The number of aliphatic carboxylic acids is 1. The molecule has 1 aliphatic heterocycles. The van der Waals surface area contributed by atoms with Gasteiger partial charge >= 0.3 is 5.97 Å². The summed E-state index contributed by atoms with van der Waals surface area (Å²) in [5.41, 5.74) is -0.468. The first-order valence-electron chi connectivity index (χ1n) is 8.30. The van der Waals surface area contributed by atoms with Crippen molar-refractivity contribution < 1.29 is 14.7 Å². The van der Waals surface area contributed by atoms with E-state index in [4.69, 9.17) is 0 Å². The van der Waals surface area contributed by atoms with Gasteiger partial charge in [0.05, 0.1) is 5.41 Å². The van der Waals surface area contributed by atoms with E-state index in [9.17, 15) is 14.7 Å². The molecule has 120 valence electrons. The molecule has 1 saturated heterocycles. The van der Waals surface area contributed by atoms with Gasteiger partial charge in [-0.2, -0.15) is 0 Å². The summed E-state index contributed by atoms with van der Waals surface area (Å²) >= 11 is 0. The lowest BCUT2D eigenvalue weighted by Crippen LogP contribution is -2.45. The topological polar surface area (TPSA) is 57.6 Å². The Kier molecular flexibility index (Phi) is 4.64. The summed E-state index contributed by atoms with van der Waals surface area (Å²) < 4.78 is 0. The average Bonchev–Trinajstić information content (AvgIpc) is 2.87. The van der Waals surface area contributed by atoms with Crippen molar-refractivity contribution in [3.05, 3.63) is 0 Å². The number of hydrogen-bond donors (Lipinski definition) is 1. The summed E-state index contributed by atoms with van der Waals surface area (Å²) in [7, 11) is 0. The highest BCUT2D eigenvalue weighted by molar-refractivity contribution is 5.85. The number of carboxylic acid groups (broad SMARTS) is 1. The van der Waals surface area contributed by atoms with E-state index in [0.29, 0.717) is 5.41 Å². The lowest BCUT2D eigenvalue weighted by Gasteiger charge is -2.40. The number of carboxylic acids is 1. The molecule has 4 nitrogen and oxygen atoms in total. The second-order valence-corrected chi connectivity index (χ2v) is 7.64. The van der Waals surface area contributed by atoms with Crippen LogP contribution in [0, 0.1) is 16.7 Å². The van der Waals surface area contributed by atoms with E-state index in [1.807, 2.05) is 18.7 Å². The van der Waals surface area contributed by atoms with Crippen molar-refractivity contribution in [1.29, 1.82) is 0 Å². The summed E-state index contributed by atoms with van der Waals surface area (Å²) in [6.45, 7) is 7.08. The van der Waals surface area contributed by atoms with Gasteiger partial charge in [-0.05, 0) is 43.9 Å². The Morgan fingerprint density at radius 2 is 1.67 bits per heavy atom. The third-order valence-electron chi connectivity index (χ3n) is 6.12. The first-order chi connectivity index (χ1) is 9.79. The first kappa shape index (κ1) is 16.3. The van der Waals surface area contributed by atoms with E-state index in [1.54, 1.807) is 6.92 Å². The van der Waals surface area contributed by atoms with E-state index in [1.165, 1.54) is 25.7 Å². The third-order valence-corrected chi connectivity index (χ3v) is 6.12. The molecule has 2 fully saturated rings. The Labute approximate surface area is 127 Å². The van der Waals surface area contributed by atoms with Gasteiger partial charge in [0.1, 0.15) is 0 Å². The molecule has 1 aliphatic carbocycles. The molecule has 0 aromatic rings. The summed E-state index contributed by atoms with van der Waals surface area (Å²) in [5, 5.41) is 9.45. The largest absolute Gasteiger partial charge is 0.481 e. The van der Waals surface area contributed by atoms with Crippen molar-refractivity contribution in [3.8, 4) is 0 Å². The van der Waals surface area contributed by atoms with E-state index in [2.05, 4.69) is 0 Å². The van der Waals surface area contributed by atoms with Crippen LogP contribution in [0.4, 0.5) is 0 Å². The normalized spacial score (nSPS) is 24.3. The number of nitrogens with zero attached hydrogens (tertiary/aromatic N) is 1. The molecule has 1 heterocycles. The van der Waals surface area contributed by atoms with Gasteiger partial charge in [-0.25, -0.2) is 0 Å². The molecule has 4 heteroatoms. The molecular weight excluding hydrogens is 266 g/mol. The van der Waals surface area contributed by atoms with E-state index in [-0.39, 0.29) is 18.2 Å². The fourth-order valence-electron chi connectivity index (χ4n) is 3.81. The molecule has 2 rings (SSSR count). The van der Waals surface area contributed by atoms with Crippen LogP contribution in [0.3, 0.4) is 0 Å². The van der Waals surface area contributed by atoms with Gasteiger partial charge in [0.25, 0.3) is 0 Å². The maximum atomic E-state index is 12.5. The van der Waals surface area contributed by atoms with Crippen molar-refractivity contribution >= 4 is 11.9 Å². The van der Waals surface area contributed by atoms with Gasteiger partial charge in [-0.3, -0.25) is 9.59 Å². The molecule has 0 aromatic carbocycles. The monoisotopic (exact) mass is 295 g/mol. The highest BCUT2D eigenvalue weighted by atomic mass is 16.4. The van der Waals surface area contributed by atoms with E-state index >= 15 is 0 Å². The molecule has 1 amide bonds. The maximum absolute atomic E-state index is 12.5. The zero-order chi connectivity index (χ0) is 15.7. The predicted octanol–water partition coefficient (Wildman–Crippen LogP) is 3.31. The Bertz CT molecular complexity index is 402. The smallest absolute Gasteiger partial charge is 0.310 e. The third kappa shape index (κ3) is 3.24. The Balaban J connectivity index is 1.94. The van der Waals surface area contributed by atoms with Crippen LogP contribution in [0.15, 0.2) is 0 Å². The van der Waals surface area contributed by atoms with Gasteiger partial charge in [0.2, 0.25) is 5.91 Å². The molecule has 2 aliphatic rings. The number of likely N-dealkylation sites (tertiary alicyclic amines) is 1. The van der Waals surface area contributed by atoms with Crippen molar-refractivity contribution in [1.82, 2.24) is 4.90 Å². The van der Waals surface area contributed by atoms with Crippen LogP contribution in [0.5, 0.6) is 0 Å². The number of carbonyl (C=O) groups excluding carboxylic acids is 1. The quantitative estimate of drug-likeness (QED) is 0.865. The fourth-order valence-corrected chi connectivity index (χ4v) is 3.81. The van der Waals surface area contributed by atoms with Crippen molar-refractivity contribution in [3.63, 3.8) is 0 Å². The summed E-state index contributed by atoms with van der Waals surface area (Å²) in [6.07, 6.45) is 7.61. The minimum atomic E-state index is -0.959. The molecule has 0 radical (unpaired) electrons. The second-order valence-electron chi connectivity index (χ2n) is 7.64. The van der Waals surface area contributed by atoms with Crippen LogP contribution in [-0.4, -0.2) is 35.0 Å². The predicted molar refractivity (Wildman–Crippen MR) is 81.9 cm³/mol. The summed E-state index contributed by atoms with van der Waals surface area (Å²) in [6, 6.07) is 0. The standard InChI is InChI=1S/C17H29NO3/c1-13(2)16(3,15(20)21)12-14(19)18-10-8-17(9-11-18)6-4-5-7-17/h13H,4-12H2,1-3H3,(H,20,21). The van der Waals surface area contributed by atoms with E-state index < -0.39 is 11.4 Å². The number of piperidine rings is 1. The second kappa shape index (κ2) is 5.98. The molecule has 0 bridgehead atoms. The molecule has 1 saturated carbocycles. The fraction of sp³-hybridized carbons (Fsp3) is 0.882. The van der Waals surface area contributed by atoms with Crippen molar-refractivity contribution in [2.75, 3.05) is 13.1 Å². The van der Waals surface area contributed by atoms with Gasteiger partial charge in [-0.15, -0.1) is 0 Å². The maximum Gasteiger partial charge on any atom is 0.310 e. The van der Waals surface area contributed by atoms with Gasteiger partial charge in [0, 0.05) is 19.5 Å². The van der Waals surface area contributed by atoms with Crippen LogP contribution in [0.25, 0.3) is 0 Å². The average molecular weight is 295 g/mol. The molecule has 21 heavy (non-hydrogen) atoms. The first-order valence-corrected chi connectivity index (χ1v) is 8.30. The number of amides is 1. The zero-order valence-corrected chi connectivity index (χ0v) is 13.7. The van der Waals surface area contributed by atoms with Gasteiger partial charge in [-0.1, -0.05) is 26.7 Å². The van der Waals surface area contributed by atoms with Crippen molar-refractivity contribution in [2.45, 2.75) is 65.7 Å². The highest BCUT2D eigenvalue weighted by Gasteiger charge is 2.42. The van der Waals surface area contributed by atoms with E-state index in [0.717, 1.165) is 25.9 Å². The SMILES string of the molecule is CC(C)C(C)(CC(=O)N1CCC2(CCCC2)CC1)C(=O)O. The van der Waals surface area contributed by atoms with Crippen LogP contribution in [0.2, 0.25) is 0 Å². The lowest BCUT2D eigenvalue weighted by atomic mass is 9.74. The minimum Gasteiger partial charge on any atom is -0.481 e. The lowest BCUT2D eigenvalue weighted by molar-refractivity contribution is -0.156. The minimum absolute atomic E-state index is 0.0152. The van der Waals surface area contributed by atoms with Crippen LogP contribution >= 0.6 is 0 Å².